The van der Waals surface area contributed by atoms with Crippen molar-refractivity contribution in [1.82, 2.24) is 0 Å². The predicted molar refractivity (Wildman–Crippen MR) is 200 cm³/mol. The zero-order chi connectivity index (χ0) is 30.8. The molecule has 0 rings (SSSR count). The fraction of sp³-hybridized carbons (Fsp3) is 1.00. The topological polar surface area (TPSA) is 56.4 Å². The van der Waals surface area contributed by atoms with E-state index in [1.54, 1.807) is 0 Å². The van der Waals surface area contributed by atoms with Crippen molar-refractivity contribution in [2.45, 2.75) is 157 Å². The molecule has 0 aromatic heterocycles. The van der Waals surface area contributed by atoms with Crippen LogP contribution in [-0.2, 0) is 0 Å². The number of nitrogens with zero attached hydrogens (tertiary/aromatic N) is 4. The molecule has 0 spiro atoms. The second-order valence-corrected chi connectivity index (χ2v) is 56.1. The molecule has 0 aliphatic carbocycles. The molecule has 0 atom stereocenters. The minimum absolute atomic E-state index is 0. The zero-order valence-electron chi connectivity index (χ0n) is 30.3. The summed E-state index contributed by atoms with van der Waals surface area (Å²) >= 11 is 0. The summed E-state index contributed by atoms with van der Waals surface area (Å²) in [6.45, 7) is 55.1. The van der Waals surface area contributed by atoms with Crippen molar-refractivity contribution in [3.63, 3.8) is 0 Å². The van der Waals surface area contributed by atoms with E-state index in [1.165, 1.54) is 0 Å². The van der Waals surface area contributed by atoms with E-state index in [9.17, 15) is 0 Å². The molecular formula is C24H72N4Si8U. The van der Waals surface area contributed by atoms with Gasteiger partial charge in [0.2, 0.25) is 0 Å². The average Bonchev–Trinajstić information content (AvgIpc) is 2.19. The summed E-state index contributed by atoms with van der Waals surface area (Å²) in [6.07, 6.45) is 0. The summed E-state index contributed by atoms with van der Waals surface area (Å²) < 4.78 is 19.3. The van der Waals surface area contributed by atoms with E-state index in [0.29, 0.717) is 0 Å². The van der Waals surface area contributed by atoms with Crippen LogP contribution in [0.1, 0.15) is 0 Å². The Morgan fingerprint density at radius 2 is 0.243 bits per heavy atom. The molecule has 0 heterocycles. The quantitative estimate of drug-likeness (QED) is 0.218. The zero-order valence-corrected chi connectivity index (χ0v) is 42.5. The maximum absolute atomic E-state index is 4.82. The molecule has 0 radical (unpaired) electrons. The third-order valence-electron chi connectivity index (χ3n) is 2.68. The molecule has 0 unspecified atom stereocenters. The molecule has 0 saturated carbocycles. The van der Waals surface area contributed by atoms with Crippen LogP contribution in [0.3, 0.4) is 0 Å². The van der Waals surface area contributed by atoms with Crippen LogP contribution in [0.4, 0.5) is 0 Å². The van der Waals surface area contributed by atoms with Crippen LogP contribution in [0, 0.1) is 31.1 Å². The van der Waals surface area contributed by atoms with Gasteiger partial charge in [-0.3, -0.25) is 0 Å². The van der Waals surface area contributed by atoms with E-state index in [2.05, 4.69) is 157 Å². The van der Waals surface area contributed by atoms with Crippen molar-refractivity contribution in [3.8, 4) is 0 Å². The molecule has 0 bridgehead atoms. The van der Waals surface area contributed by atoms with Crippen molar-refractivity contribution < 1.29 is 31.1 Å². The van der Waals surface area contributed by atoms with Gasteiger partial charge in [-0.15, -0.1) is 0 Å². The number of rotatable bonds is 8. The van der Waals surface area contributed by atoms with E-state index in [1.807, 2.05) is 0 Å². The average molecular weight is 880 g/mol. The Bertz CT molecular complexity index is 415. The molecule has 0 aromatic carbocycles. The summed E-state index contributed by atoms with van der Waals surface area (Å²) in [5.41, 5.74) is 0. The van der Waals surface area contributed by atoms with Gasteiger partial charge >= 0.3 is 31.1 Å². The normalized spacial score (nSPS) is 13.6. The molecule has 37 heavy (non-hydrogen) atoms. The number of hydrogen-bond donors (Lipinski definition) is 0. The van der Waals surface area contributed by atoms with Gasteiger partial charge in [0.1, 0.15) is 0 Å². The van der Waals surface area contributed by atoms with E-state index in [0.717, 1.165) is 0 Å². The van der Waals surface area contributed by atoms with Crippen molar-refractivity contribution in [1.29, 1.82) is 0 Å². The van der Waals surface area contributed by atoms with Crippen LogP contribution in [-0.4, -0.2) is 65.9 Å². The smallest absolute Gasteiger partial charge is 0.668 e. The van der Waals surface area contributed by atoms with E-state index in [-0.39, 0.29) is 31.1 Å². The molecule has 224 valence electrons. The Morgan fingerprint density at radius 3 is 0.243 bits per heavy atom. The monoisotopic (exact) mass is 878 g/mol. The predicted octanol–water partition coefficient (Wildman–Crippen LogP) is 12.1. The van der Waals surface area contributed by atoms with Crippen molar-refractivity contribution in [3.05, 3.63) is 18.6 Å². The van der Waals surface area contributed by atoms with Crippen LogP contribution in [0.25, 0.3) is 18.6 Å². The van der Waals surface area contributed by atoms with Gasteiger partial charge in [0, 0.05) is 0 Å². The van der Waals surface area contributed by atoms with Gasteiger partial charge in [0.05, 0.1) is 0 Å². The molecule has 0 aromatic rings. The SMILES string of the molecule is C[Si](C)(C)[N-][Si](C)(C)C.C[Si](C)(C)[N-][Si](C)(C)C.C[Si](C)(C)[N-][Si](C)(C)C.C[Si](C)(C)[N-][Si](C)(C)C.[U+4]. The van der Waals surface area contributed by atoms with Crippen LogP contribution < -0.4 is 0 Å². The summed E-state index contributed by atoms with van der Waals surface area (Å²) in [4.78, 5) is 0. The first-order valence-electron chi connectivity index (χ1n) is 13.8. The van der Waals surface area contributed by atoms with Gasteiger partial charge in [0.15, 0.2) is 0 Å². The Morgan fingerprint density at radius 1 is 0.189 bits per heavy atom. The standard InChI is InChI=1S/4C6H18NSi2.U/c4*1-8(2,3)7-9(4,5)6;/h4*1-6H3;/q4*-1;+4. The van der Waals surface area contributed by atoms with Gasteiger partial charge in [-0.1, -0.05) is 223 Å². The van der Waals surface area contributed by atoms with Crippen molar-refractivity contribution in [2.24, 2.45) is 0 Å². The first-order chi connectivity index (χ1) is 14.8. The fourth-order valence-corrected chi connectivity index (χ4v) is 36.2. The molecular weight excluding hydrogens is 807 g/mol. The van der Waals surface area contributed by atoms with Gasteiger partial charge in [0.25, 0.3) is 0 Å². The summed E-state index contributed by atoms with van der Waals surface area (Å²) in [6, 6.07) is 0. The molecule has 0 fully saturated rings. The first kappa shape index (κ1) is 49.3. The molecule has 0 saturated heterocycles. The van der Waals surface area contributed by atoms with E-state index < -0.39 is 65.9 Å². The molecule has 0 aliphatic heterocycles. The van der Waals surface area contributed by atoms with Gasteiger partial charge in [-0.25, -0.2) is 0 Å². The summed E-state index contributed by atoms with van der Waals surface area (Å²) in [5, 5.41) is 0. The van der Waals surface area contributed by atoms with Crippen molar-refractivity contribution >= 4 is 65.9 Å². The van der Waals surface area contributed by atoms with Crippen molar-refractivity contribution in [2.75, 3.05) is 0 Å². The fourth-order valence-electron chi connectivity index (χ4n) is 4.02. The molecule has 4 nitrogen and oxygen atoms in total. The minimum atomic E-state index is -1.11. The van der Waals surface area contributed by atoms with Gasteiger partial charge in [-0.2, -0.15) is 0 Å². The minimum Gasteiger partial charge on any atom is -0.668 e. The van der Waals surface area contributed by atoms with Crippen LogP contribution in [0.15, 0.2) is 0 Å². The maximum Gasteiger partial charge on any atom is 4.00 e. The molecule has 0 amide bonds. The summed E-state index contributed by atoms with van der Waals surface area (Å²) in [7, 11) is -8.85. The Balaban J connectivity index is -0.000000122. The second kappa shape index (κ2) is 18.3. The van der Waals surface area contributed by atoms with Gasteiger partial charge < -0.3 is 18.6 Å². The van der Waals surface area contributed by atoms with Crippen LogP contribution in [0.5, 0.6) is 0 Å². The van der Waals surface area contributed by atoms with Crippen LogP contribution >= 0.6 is 0 Å². The molecule has 0 N–H and O–H groups in total. The Hall–Kier alpha value is 2.63. The van der Waals surface area contributed by atoms with Crippen LogP contribution in [0.2, 0.25) is 157 Å². The first-order valence-corrected chi connectivity index (χ1v) is 41.4. The summed E-state index contributed by atoms with van der Waals surface area (Å²) in [5.74, 6) is 0. The van der Waals surface area contributed by atoms with E-state index in [4.69, 9.17) is 18.6 Å². The largest absolute Gasteiger partial charge is 4.00 e. The third kappa shape index (κ3) is 73.1. The molecule has 0 aliphatic rings. The Kier molecular flexibility index (Phi) is 24.4. The second-order valence-electron chi connectivity index (χ2n) is 17.8. The maximum atomic E-state index is 4.82. The Labute approximate surface area is 270 Å². The molecule has 13 heteroatoms. The van der Waals surface area contributed by atoms with Gasteiger partial charge in [-0.05, 0) is 0 Å². The number of hydrogen-bond acceptors (Lipinski definition) is 0. The van der Waals surface area contributed by atoms with E-state index >= 15 is 0 Å². The third-order valence-corrected chi connectivity index (χ3v) is 24.1.